The van der Waals surface area contributed by atoms with Crippen molar-refractivity contribution in [1.29, 1.82) is 0 Å². The number of nitrogens with one attached hydrogen (secondary N) is 1. The summed E-state index contributed by atoms with van der Waals surface area (Å²) in [6, 6.07) is 13.4. The van der Waals surface area contributed by atoms with Crippen molar-refractivity contribution in [3.8, 4) is 0 Å². The van der Waals surface area contributed by atoms with Crippen LogP contribution in [0.4, 0.5) is 10.5 Å². The smallest absolute Gasteiger partial charge is 0.412 e. The molecule has 2 aromatic carbocycles. The number of esters is 1. The van der Waals surface area contributed by atoms with E-state index in [2.05, 4.69) is 21.4 Å². The number of anilines is 1. The van der Waals surface area contributed by atoms with Gasteiger partial charge >= 0.3 is 12.1 Å². The number of hydrogen-bond donors (Lipinski definition) is 1. The van der Waals surface area contributed by atoms with Crippen LogP contribution in [0, 0.1) is 0 Å². The zero-order chi connectivity index (χ0) is 23.3. The molecule has 0 aliphatic heterocycles. The fourth-order valence-corrected chi connectivity index (χ4v) is 4.82. The van der Waals surface area contributed by atoms with Gasteiger partial charge < -0.3 is 9.47 Å². The van der Waals surface area contributed by atoms with E-state index in [1.807, 2.05) is 30.3 Å². The fraction of sp³-hybridized carbons (Fsp3) is 0.333. The van der Waals surface area contributed by atoms with Crippen LogP contribution >= 0.6 is 0 Å². The first-order valence-electron chi connectivity index (χ1n) is 11.8. The number of rotatable bonds is 7. The Morgan fingerprint density at radius 2 is 1.59 bits per heavy atom. The molecule has 7 nitrogen and oxygen atoms in total. The minimum atomic E-state index is -1.16. The highest BCUT2D eigenvalue weighted by Crippen LogP contribution is 2.38. The van der Waals surface area contributed by atoms with E-state index in [1.54, 1.807) is 18.5 Å². The number of amides is 1. The quantitative estimate of drug-likeness (QED) is 0.530. The molecule has 174 valence electrons. The zero-order valence-electron chi connectivity index (χ0n) is 19.0. The topological polar surface area (TPSA) is 90.4 Å². The van der Waals surface area contributed by atoms with Gasteiger partial charge in [0.25, 0.3) is 0 Å². The molecule has 0 fully saturated rings. The molecule has 7 heteroatoms. The third-order valence-corrected chi connectivity index (χ3v) is 6.42. The average molecular weight is 458 g/mol. The number of hydrogen-bond acceptors (Lipinski definition) is 6. The standard InChI is InChI=1S/C27H27N3O4/c31-26(33-17-18-7-2-1-3-8-18)23(16-24-28-13-6-14-29-24)34-27(32)30-25-21-11-4-9-19(21)15-20-10-5-12-22(20)25/h1-3,6-8,13-15,23H,4-5,9-12,16-17H2,(H,30,32). The third-order valence-electron chi connectivity index (χ3n) is 6.42. The molecule has 2 aliphatic rings. The predicted molar refractivity (Wildman–Crippen MR) is 126 cm³/mol. The summed E-state index contributed by atoms with van der Waals surface area (Å²) in [4.78, 5) is 34.3. The highest BCUT2D eigenvalue weighted by Gasteiger charge is 2.29. The fourth-order valence-electron chi connectivity index (χ4n) is 4.82. The van der Waals surface area contributed by atoms with Crippen molar-refractivity contribution >= 4 is 17.7 Å². The van der Waals surface area contributed by atoms with Gasteiger partial charge in [-0.1, -0.05) is 36.4 Å². The minimum Gasteiger partial charge on any atom is -0.458 e. The van der Waals surface area contributed by atoms with Gasteiger partial charge in [0.1, 0.15) is 12.4 Å². The maximum Gasteiger partial charge on any atom is 0.412 e. The molecule has 2 aliphatic carbocycles. The largest absolute Gasteiger partial charge is 0.458 e. The van der Waals surface area contributed by atoms with E-state index < -0.39 is 18.2 Å². The Morgan fingerprint density at radius 1 is 0.912 bits per heavy atom. The Bertz CT molecular complexity index is 1150. The van der Waals surface area contributed by atoms with Crippen LogP contribution < -0.4 is 5.32 Å². The second kappa shape index (κ2) is 10.0. The molecule has 1 atom stereocenters. The monoisotopic (exact) mass is 457 g/mol. The summed E-state index contributed by atoms with van der Waals surface area (Å²) < 4.78 is 11.1. The number of carbonyl (C=O) groups is 2. The number of carbonyl (C=O) groups excluding carboxylic acids is 2. The van der Waals surface area contributed by atoms with Gasteiger partial charge in [-0.25, -0.2) is 19.6 Å². The first-order chi connectivity index (χ1) is 16.7. The lowest BCUT2D eigenvalue weighted by Gasteiger charge is -2.19. The molecule has 1 amide bonds. The molecule has 0 spiro atoms. The summed E-state index contributed by atoms with van der Waals surface area (Å²) in [5.41, 5.74) is 6.75. The van der Waals surface area contributed by atoms with Crippen LogP contribution in [0.15, 0.2) is 54.9 Å². The Balaban J connectivity index is 1.32. The van der Waals surface area contributed by atoms with Crippen LogP contribution in [-0.2, 0) is 53.0 Å². The second-order valence-corrected chi connectivity index (χ2v) is 8.72. The maximum atomic E-state index is 13.0. The number of nitrogens with zero attached hydrogens (tertiary/aromatic N) is 2. The molecule has 0 bridgehead atoms. The van der Waals surface area contributed by atoms with Crippen LogP contribution in [0.1, 0.15) is 46.5 Å². The van der Waals surface area contributed by atoms with E-state index >= 15 is 0 Å². The molecule has 5 rings (SSSR count). The van der Waals surface area contributed by atoms with E-state index in [1.165, 1.54) is 22.3 Å². The lowest BCUT2D eigenvalue weighted by Crippen LogP contribution is -2.33. The molecule has 1 aromatic heterocycles. The van der Waals surface area contributed by atoms with Crippen molar-refractivity contribution < 1.29 is 19.1 Å². The van der Waals surface area contributed by atoms with Gasteiger partial charge in [0, 0.05) is 12.4 Å². The zero-order valence-corrected chi connectivity index (χ0v) is 19.0. The van der Waals surface area contributed by atoms with Crippen molar-refractivity contribution in [3.63, 3.8) is 0 Å². The summed E-state index contributed by atoms with van der Waals surface area (Å²) in [5.74, 6) is -0.228. The van der Waals surface area contributed by atoms with Gasteiger partial charge in [0.15, 0.2) is 0 Å². The van der Waals surface area contributed by atoms with Gasteiger partial charge in [-0.3, -0.25) is 5.32 Å². The predicted octanol–water partition coefficient (Wildman–Crippen LogP) is 4.36. The van der Waals surface area contributed by atoms with Crippen molar-refractivity contribution in [1.82, 2.24) is 9.97 Å². The number of aryl methyl sites for hydroxylation is 2. The van der Waals surface area contributed by atoms with Gasteiger partial charge in [-0.2, -0.15) is 0 Å². The molecule has 0 saturated heterocycles. The summed E-state index contributed by atoms with van der Waals surface area (Å²) in [6.07, 6.45) is 7.52. The van der Waals surface area contributed by atoms with Crippen molar-refractivity contribution in [2.45, 2.75) is 57.7 Å². The van der Waals surface area contributed by atoms with E-state index in [-0.39, 0.29) is 13.0 Å². The second-order valence-electron chi connectivity index (χ2n) is 8.72. The summed E-state index contributed by atoms with van der Waals surface area (Å²) in [6.45, 7) is 0.0938. The van der Waals surface area contributed by atoms with Crippen molar-refractivity contribution in [3.05, 3.63) is 88.5 Å². The number of fused-ring (bicyclic) bond motifs is 2. The highest BCUT2D eigenvalue weighted by atomic mass is 16.6. The van der Waals surface area contributed by atoms with Crippen LogP contribution in [0.5, 0.6) is 0 Å². The highest BCUT2D eigenvalue weighted by molar-refractivity contribution is 5.90. The van der Waals surface area contributed by atoms with Crippen LogP contribution in [0.2, 0.25) is 0 Å². The lowest BCUT2D eigenvalue weighted by atomic mass is 9.99. The molecular weight excluding hydrogens is 430 g/mol. The Morgan fingerprint density at radius 3 is 2.26 bits per heavy atom. The first-order valence-corrected chi connectivity index (χ1v) is 11.8. The third kappa shape index (κ3) is 4.93. The van der Waals surface area contributed by atoms with E-state index in [9.17, 15) is 9.59 Å². The minimum absolute atomic E-state index is 0.0346. The van der Waals surface area contributed by atoms with Crippen molar-refractivity contribution in [2.75, 3.05) is 5.32 Å². The lowest BCUT2D eigenvalue weighted by molar-refractivity contribution is -0.154. The molecule has 34 heavy (non-hydrogen) atoms. The molecule has 1 N–H and O–H groups in total. The van der Waals surface area contributed by atoms with E-state index in [0.29, 0.717) is 5.82 Å². The molecule has 3 aromatic rings. The van der Waals surface area contributed by atoms with E-state index in [0.717, 1.165) is 49.8 Å². The maximum absolute atomic E-state index is 13.0. The molecular formula is C27H27N3O4. The van der Waals surface area contributed by atoms with Crippen molar-refractivity contribution in [2.24, 2.45) is 0 Å². The van der Waals surface area contributed by atoms with Crippen LogP contribution in [0.25, 0.3) is 0 Å². The summed E-state index contributed by atoms with van der Waals surface area (Å²) in [5, 5.41) is 2.98. The average Bonchev–Trinajstić information content (AvgIpc) is 3.53. The molecule has 1 unspecified atom stereocenters. The first kappa shape index (κ1) is 22.1. The van der Waals surface area contributed by atoms with Gasteiger partial charge in [-0.05, 0) is 72.4 Å². The Labute approximate surface area is 198 Å². The van der Waals surface area contributed by atoms with Crippen LogP contribution in [-0.4, -0.2) is 28.1 Å². The van der Waals surface area contributed by atoms with Gasteiger partial charge in [-0.15, -0.1) is 0 Å². The molecule has 0 saturated carbocycles. The molecule has 1 heterocycles. The number of benzene rings is 2. The molecule has 0 radical (unpaired) electrons. The normalized spacial score (nSPS) is 14.7. The van der Waals surface area contributed by atoms with Gasteiger partial charge in [0.05, 0.1) is 12.1 Å². The Kier molecular flexibility index (Phi) is 6.51. The number of ether oxygens (including phenoxy) is 2. The Hall–Kier alpha value is -3.74. The van der Waals surface area contributed by atoms with Gasteiger partial charge in [0.2, 0.25) is 6.10 Å². The van der Waals surface area contributed by atoms with E-state index in [4.69, 9.17) is 9.47 Å². The van der Waals surface area contributed by atoms with Crippen LogP contribution in [0.3, 0.4) is 0 Å². The summed E-state index contributed by atoms with van der Waals surface area (Å²) >= 11 is 0. The summed E-state index contributed by atoms with van der Waals surface area (Å²) in [7, 11) is 0. The number of aromatic nitrogens is 2. The SMILES string of the molecule is O=C(Nc1c2c(cc3c1CCC3)CCC2)OC(Cc1ncccn1)C(=O)OCc1ccccc1.